The van der Waals surface area contributed by atoms with Crippen molar-refractivity contribution in [2.75, 3.05) is 6.54 Å². The number of nitrogens with zero attached hydrogens (tertiary/aromatic N) is 4. The van der Waals surface area contributed by atoms with Gasteiger partial charge in [-0.05, 0) is 49.6 Å². The number of halogens is 1. The Morgan fingerprint density at radius 3 is 2.90 bits per heavy atom. The van der Waals surface area contributed by atoms with Crippen LogP contribution < -0.4 is 0 Å². The molecule has 1 saturated heterocycles. The van der Waals surface area contributed by atoms with Gasteiger partial charge in [-0.1, -0.05) is 12.1 Å². The summed E-state index contributed by atoms with van der Waals surface area (Å²) in [5.41, 5.74) is 3.97. The van der Waals surface area contributed by atoms with Crippen LogP contribution in [0, 0.1) is 11.7 Å². The molecule has 0 spiro atoms. The number of aromatic nitrogens is 4. The molecule has 1 aliphatic rings. The van der Waals surface area contributed by atoms with Crippen molar-refractivity contribution in [3.8, 4) is 11.3 Å². The minimum absolute atomic E-state index is 0.0785. The lowest BCUT2D eigenvalue weighted by atomic mass is 10.1. The molecule has 4 heterocycles. The van der Waals surface area contributed by atoms with Crippen LogP contribution >= 0.6 is 0 Å². The predicted molar refractivity (Wildman–Crippen MR) is 112 cm³/mol. The topological polar surface area (TPSA) is 66.8 Å². The standard InChI is InChI=1S/C23H22FN5O/c1-15-10-16(14-29(15)23(30)18-4-2-3-5-19(18)24)13-28-9-8-21-22(28)7-6-20(27-21)17-11-25-26-12-17/h2-9,11-12,15-16H,10,13-14H2,1H3,(H,25,26)/t15-,16?/m1/s1. The molecule has 1 amide bonds. The first-order chi connectivity index (χ1) is 14.6. The Morgan fingerprint density at radius 2 is 2.10 bits per heavy atom. The average molecular weight is 403 g/mol. The van der Waals surface area contributed by atoms with Crippen molar-refractivity contribution in [1.29, 1.82) is 0 Å². The second-order valence-corrected chi connectivity index (χ2v) is 7.94. The fraction of sp³-hybridized carbons (Fsp3) is 0.261. The molecule has 1 aliphatic heterocycles. The van der Waals surface area contributed by atoms with Crippen molar-refractivity contribution in [1.82, 2.24) is 24.6 Å². The normalized spacial score (nSPS) is 18.9. The van der Waals surface area contributed by atoms with E-state index in [1.54, 1.807) is 29.3 Å². The highest BCUT2D eigenvalue weighted by molar-refractivity contribution is 5.94. The van der Waals surface area contributed by atoms with Gasteiger partial charge in [0, 0.05) is 37.1 Å². The van der Waals surface area contributed by atoms with Crippen molar-refractivity contribution < 1.29 is 9.18 Å². The van der Waals surface area contributed by atoms with E-state index in [0.29, 0.717) is 12.5 Å². The zero-order valence-corrected chi connectivity index (χ0v) is 16.6. The van der Waals surface area contributed by atoms with Crippen LogP contribution in [0.2, 0.25) is 0 Å². The number of benzene rings is 1. The van der Waals surface area contributed by atoms with Crippen molar-refractivity contribution in [3.63, 3.8) is 0 Å². The number of rotatable bonds is 4. The lowest BCUT2D eigenvalue weighted by molar-refractivity contribution is 0.0737. The number of fused-ring (bicyclic) bond motifs is 1. The van der Waals surface area contributed by atoms with Crippen LogP contribution in [0.3, 0.4) is 0 Å². The zero-order valence-electron chi connectivity index (χ0n) is 16.6. The van der Waals surface area contributed by atoms with Crippen LogP contribution in [0.15, 0.2) is 61.1 Å². The Bertz CT molecular complexity index is 1200. The number of pyridine rings is 1. The molecule has 0 saturated carbocycles. The maximum absolute atomic E-state index is 14.1. The van der Waals surface area contributed by atoms with Crippen molar-refractivity contribution in [2.24, 2.45) is 5.92 Å². The predicted octanol–water partition coefficient (Wildman–Crippen LogP) is 4.12. The third kappa shape index (κ3) is 3.26. The summed E-state index contributed by atoms with van der Waals surface area (Å²) >= 11 is 0. The molecule has 5 rings (SSSR count). The molecular formula is C23H22FN5O. The minimum Gasteiger partial charge on any atom is -0.346 e. The van der Waals surface area contributed by atoms with Gasteiger partial charge in [-0.2, -0.15) is 5.10 Å². The van der Waals surface area contributed by atoms with E-state index in [1.165, 1.54) is 6.07 Å². The summed E-state index contributed by atoms with van der Waals surface area (Å²) in [5.74, 6) is -0.388. The fourth-order valence-corrected chi connectivity index (χ4v) is 4.41. The highest BCUT2D eigenvalue weighted by Gasteiger charge is 2.34. The number of H-pyrrole nitrogens is 1. The lowest BCUT2D eigenvalue weighted by Gasteiger charge is -2.22. The van der Waals surface area contributed by atoms with Gasteiger partial charge in [0.1, 0.15) is 5.82 Å². The molecule has 152 valence electrons. The Labute approximate surface area is 173 Å². The molecule has 30 heavy (non-hydrogen) atoms. The molecular weight excluding hydrogens is 381 g/mol. The molecule has 0 radical (unpaired) electrons. The molecule has 0 bridgehead atoms. The van der Waals surface area contributed by atoms with Gasteiger partial charge >= 0.3 is 0 Å². The van der Waals surface area contributed by atoms with Crippen LogP contribution in [0.4, 0.5) is 4.39 Å². The summed E-state index contributed by atoms with van der Waals surface area (Å²) in [6.07, 6.45) is 6.52. The lowest BCUT2D eigenvalue weighted by Crippen LogP contribution is -2.34. The molecule has 4 aromatic rings. The van der Waals surface area contributed by atoms with Crippen molar-refractivity contribution in [3.05, 3.63) is 72.4 Å². The second-order valence-electron chi connectivity index (χ2n) is 7.94. The smallest absolute Gasteiger partial charge is 0.257 e. The van der Waals surface area contributed by atoms with E-state index < -0.39 is 5.82 Å². The molecule has 1 aromatic carbocycles. The summed E-state index contributed by atoms with van der Waals surface area (Å²) in [6, 6.07) is 12.4. The van der Waals surface area contributed by atoms with Crippen LogP contribution in [0.25, 0.3) is 22.3 Å². The van der Waals surface area contributed by atoms with Crippen LogP contribution in [0.5, 0.6) is 0 Å². The summed E-state index contributed by atoms with van der Waals surface area (Å²) in [7, 11) is 0. The summed E-state index contributed by atoms with van der Waals surface area (Å²) in [5, 5.41) is 6.79. The fourth-order valence-electron chi connectivity index (χ4n) is 4.41. The summed E-state index contributed by atoms with van der Waals surface area (Å²) in [4.78, 5) is 19.4. The van der Waals surface area contributed by atoms with E-state index in [4.69, 9.17) is 4.98 Å². The molecule has 3 aromatic heterocycles. The Morgan fingerprint density at radius 1 is 1.23 bits per heavy atom. The van der Waals surface area contributed by atoms with E-state index in [0.717, 1.165) is 35.3 Å². The molecule has 6 nitrogen and oxygen atoms in total. The SMILES string of the molecule is C[C@@H]1CC(Cn2ccc3nc(-c4cn[nH]c4)ccc32)CN1C(=O)c1ccccc1F. The van der Waals surface area contributed by atoms with Gasteiger partial charge in [0.25, 0.3) is 5.91 Å². The zero-order chi connectivity index (χ0) is 20.7. The minimum atomic E-state index is -0.464. The maximum Gasteiger partial charge on any atom is 0.257 e. The molecule has 1 fully saturated rings. The van der Waals surface area contributed by atoms with Crippen LogP contribution in [-0.4, -0.2) is 43.1 Å². The van der Waals surface area contributed by atoms with E-state index in [-0.39, 0.29) is 17.5 Å². The first-order valence-electron chi connectivity index (χ1n) is 10.1. The quantitative estimate of drug-likeness (QED) is 0.557. The number of carbonyl (C=O) groups is 1. The first kappa shape index (κ1) is 18.5. The number of hydrogen-bond donors (Lipinski definition) is 1. The molecule has 1 unspecified atom stereocenters. The van der Waals surface area contributed by atoms with Gasteiger partial charge in [0.05, 0.1) is 28.5 Å². The first-order valence-corrected chi connectivity index (χ1v) is 10.1. The molecule has 2 atom stereocenters. The van der Waals surface area contributed by atoms with Crippen molar-refractivity contribution >= 4 is 16.9 Å². The largest absolute Gasteiger partial charge is 0.346 e. The van der Waals surface area contributed by atoms with Gasteiger partial charge in [0.2, 0.25) is 0 Å². The van der Waals surface area contributed by atoms with Gasteiger partial charge in [-0.15, -0.1) is 0 Å². The van der Waals surface area contributed by atoms with E-state index >= 15 is 0 Å². The van der Waals surface area contributed by atoms with Crippen LogP contribution in [-0.2, 0) is 6.54 Å². The van der Waals surface area contributed by atoms with Gasteiger partial charge in [-0.25, -0.2) is 9.37 Å². The van der Waals surface area contributed by atoms with Crippen molar-refractivity contribution in [2.45, 2.75) is 25.9 Å². The highest BCUT2D eigenvalue weighted by Crippen LogP contribution is 2.28. The number of carbonyl (C=O) groups excluding carboxylic acids is 1. The van der Waals surface area contributed by atoms with E-state index in [2.05, 4.69) is 20.8 Å². The second kappa shape index (κ2) is 7.40. The molecule has 7 heteroatoms. The number of nitrogens with one attached hydrogen (secondary N) is 1. The highest BCUT2D eigenvalue weighted by atomic mass is 19.1. The van der Waals surface area contributed by atoms with Crippen LogP contribution in [0.1, 0.15) is 23.7 Å². The monoisotopic (exact) mass is 403 g/mol. The number of aromatic amines is 1. The molecule has 1 N–H and O–H groups in total. The Kier molecular flexibility index (Phi) is 4.58. The number of amides is 1. The third-order valence-corrected chi connectivity index (χ3v) is 5.90. The van der Waals surface area contributed by atoms with E-state index in [1.807, 2.05) is 31.5 Å². The average Bonchev–Trinajstić information content (AvgIpc) is 3.48. The number of hydrogen-bond acceptors (Lipinski definition) is 3. The van der Waals surface area contributed by atoms with Gasteiger partial charge in [0.15, 0.2) is 0 Å². The van der Waals surface area contributed by atoms with Gasteiger partial charge in [-0.3, -0.25) is 9.89 Å². The molecule has 0 aliphatic carbocycles. The third-order valence-electron chi connectivity index (χ3n) is 5.90. The Balaban J connectivity index is 1.33. The summed E-state index contributed by atoms with van der Waals surface area (Å²) in [6.45, 7) is 3.45. The maximum atomic E-state index is 14.1. The number of likely N-dealkylation sites (tertiary alicyclic amines) is 1. The van der Waals surface area contributed by atoms with E-state index in [9.17, 15) is 9.18 Å². The summed E-state index contributed by atoms with van der Waals surface area (Å²) < 4.78 is 16.3. The Hall–Kier alpha value is -3.48. The van der Waals surface area contributed by atoms with Gasteiger partial charge < -0.3 is 9.47 Å².